The number of H-pyrrole nitrogens is 1. The Bertz CT molecular complexity index is 1050. The van der Waals surface area contributed by atoms with Crippen LogP contribution in [0.1, 0.15) is 0 Å². The molecule has 27 heavy (non-hydrogen) atoms. The smallest absolute Gasteiger partial charge is 0.349 e. The van der Waals surface area contributed by atoms with E-state index in [1.807, 2.05) is 4.98 Å². The maximum Gasteiger partial charge on any atom is 0.349 e. The van der Waals surface area contributed by atoms with E-state index < -0.39 is 36.2 Å². The molecule has 11 nitrogen and oxygen atoms in total. The quantitative estimate of drug-likeness (QED) is 0.295. The van der Waals surface area contributed by atoms with Crippen molar-refractivity contribution < 1.29 is 25.2 Å². The highest BCUT2D eigenvalue weighted by atomic mass is 16.5. The first kappa shape index (κ1) is 18.9. The third kappa shape index (κ3) is 3.53. The zero-order chi connectivity index (χ0) is 19.7. The Morgan fingerprint density at radius 3 is 2.59 bits per heavy atom. The summed E-state index contributed by atoms with van der Waals surface area (Å²) in [4.78, 5) is 33.8. The molecule has 3 atom stereocenters. The second-order valence-electron chi connectivity index (χ2n) is 5.93. The van der Waals surface area contributed by atoms with Gasteiger partial charge in [0.2, 0.25) is 0 Å². The van der Waals surface area contributed by atoms with E-state index >= 15 is 0 Å². The van der Waals surface area contributed by atoms with Gasteiger partial charge in [0.25, 0.3) is 5.56 Å². The molecule has 0 saturated heterocycles. The summed E-state index contributed by atoms with van der Waals surface area (Å²) in [5, 5.41) is 38.7. The van der Waals surface area contributed by atoms with E-state index in [1.54, 1.807) is 18.2 Å². The minimum absolute atomic E-state index is 0.103. The molecule has 0 fully saturated rings. The number of aromatic nitrogens is 4. The lowest BCUT2D eigenvalue weighted by atomic mass is 10.1. The predicted molar refractivity (Wildman–Crippen MR) is 92.7 cm³/mol. The van der Waals surface area contributed by atoms with Gasteiger partial charge in [-0.05, 0) is 12.1 Å². The largest absolute Gasteiger partial charge is 0.497 e. The fourth-order valence-corrected chi connectivity index (χ4v) is 2.74. The zero-order valence-corrected chi connectivity index (χ0v) is 14.2. The summed E-state index contributed by atoms with van der Waals surface area (Å²) in [6.07, 6.45) is -4.77. The topological polar surface area (TPSA) is 171 Å². The third-order valence-electron chi connectivity index (χ3n) is 4.16. The summed E-state index contributed by atoms with van der Waals surface area (Å²) >= 11 is 0. The number of benzene rings is 1. The summed E-state index contributed by atoms with van der Waals surface area (Å²) in [6.45, 7) is -1.09. The molecule has 1 aromatic rings. The molecule has 0 aromatic heterocycles. The number of aromatic amines is 1. The lowest BCUT2D eigenvalue weighted by Crippen LogP contribution is -2.42. The second kappa shape index (κ2) is 7.40. The van der Waals surface area contributed by atoms with Crippen LogP contribution in [-0.2, 0) is 6.54 Å². The van der Waals surface area contributed by atoms with Crippen molar-refractivity contribution in [2.75, 3.05) is 13.7 Å². The number of aliphatic hydroxyl groups is 4. The van der Waals surface area contributed by atoms with Crippen LogP contribution in [0.15, 0.2) is 27.8 Å². The standard InChI is InChI=1S/C16H18N4O7/c1-27-7-2-3-8-9(4-7)20(5-10(22)13(24)11(23)6-21)14-12(17-8)15(25)19-16(26)18-14/h2-4,10-11,13,21-24H,5-6H2,1H3,(H,19,25,26). The Hall–Kier alpha value is -2.86. The van der Waals surface area contributed by atoms with Gasteiger partial charge in [0.05, 0.1) is 31.3 Å². The van der Waals surface area contributed by atoms with Crippen molar-refractivity contribution in [3.63, 3.8) is 0 Å². The van der Waals surface area contributed by atoms with E-state index in [-0.39, 0.29) is 18.1 Å². The van der Waals surface area contributed by atoms with Crippen molar-refractivity contribution in [2.24, 2.45) is 0 Å². The fraction of sp³-hybridized carbons (Fsp3) is 0.375. The molecule has 0 aliphatic carbocycles. The van der Waals surface area contributed by atoms with E-state index in [1.165, 1.54) is 11.7 Å². The Morgan fingerprint density at radius 1 is 1.19 bits per heavy atom. The molecular formula is C16H18N4O7. The summed E-state index contributed by atoms with van der Waals surface area (Å²) in [5.41, 5.74) is -1.03. The molecule has 3 unspecified atom stereocenters. The van der Waals surface area contributed by atoms with Gasteiger partial charge in [-0.1, -0.05) is 0 Å². The van der Waals surface area contributed by atoms with Crippen LogP contribution >= 0.6 is 0 Å². The summed E-state index contributed by atoms with van der Waals surface area (Å²) in [5.74, 6) is 0.351. The Morgan fingerprint density at radius 2 is 1.93 bits per heavy atom. The van der Waals surface area contributed by atoms with Crippen LogP contribution in [0.25, 0.3) is 22.6 Å². The lowest BCUT2D eigenvalue weighted by Gasteiger charge is -2.24. The molecule has 0 radical (unpaired) electrons. The highest BCUT2D eigenvalue weighted by Crippen LogP contribution is 2.25. The van der Waals surface area contributed by atoms with E-state index in [0.29, 0.717) is 16.8 Å². The molecule has 1 aromatic carbocycles. The summed E-state index contributed by atoms with van der Waals surface area (Å²) < 4.78 is 6.50. The SMILES string of the molecule is COc1ccc2nc3c(=O)[nH]c(=O)nc-3n(CC(O)C(O)C(O)CO)c2c1. The molecule has 11 heteroatoms. The number of rotatable bonds is 6. The average Bonchev–Trinajstić information content (AvgIpc) is 2.66. The molecule has 2 heterocycles. The summed E-state index contributed by atoms with van der Waals surface area (Å²) in [7, 11) is 1.45. The van der Waals surface area contributed by atoms with Crippen LogP contribution in [0.2, 0.25) is 0 Å². The van der Waals surface area contributed by atoms with Crippen molar-refractivity contribution in [3.8, 4) is 17.3 Å². The minimum atomic E-state index is -1.67. The van der Waals surface area contributed by atoms with Gasteiger partial charge in [-0.3, -0.25) is 9.78 Å². The molecule has 144 valence electrons. The highest BCUT2D eigenvalue weighted by molar-refractivity contribution is 5.80. The maximum absolute atomic E-state index is 12.1. The number of ether oxygens (including phenoxy) is 1. The Labute approximate surface area is 151 Å². The van der Waals surface area contributed by atoms with Gasteiger partial charge < -0.3 is 29.7 Å². The number of methoxy groups -OCH3 is 1. The van der Waals surface area contributed by atoms with Gasteiger partial charge in [0, 0.05) is 6.07 Å². The molecule has 2 aliphatic rings. The molecule has 0 bridgehead atoms. The fourth-order valence-electron chi connectivity index (χ4n) is 2.74. The van der Waals surface area contributed by atoms with Crippen LogP contribution in [0.3, 0.4) is 0 Å². The molecule has 0 spiro atoms. The maximum atomic E-state index is 12.1. The first-order chi connectivity index (χ1) is 12.8. The molecule has 5 N–H and O–H groups in total. The molecular weight excluding hydrogens is 360 g/mol. The van der Waals surface area contributed by atoms with E-state index in [9.17, 15) is 24.9 Å². The summed E-state index contributed by atoms with van der Waals surface area (Å²) in [6, 6.07) is 4.77. The van der Waals surface area contributed by atoms with Crippen LogP contribution in [-0.4, -0.2) is 72.0 Å². The number of aliphatic hydroxyl groups excluding tert-OH is 4. The van der Waals surface area contributed by atoms with E-state index in [2.05, 4.69) is 9.97 Å². The normalized spacial score (nSPS) is 15.0. The van der Waals surface area contributed by atoms with Crippen LogP contribution in [0.4, 0.5) is 0 Å². The van der Waals surface area contributed by atoms with Gasteiger partial charge in [0.1, 0.15) is 24.1 Å². The van der Waals surface area contributed by atoms with Crippen molar-refractivity contribution in [3.05, 3.63) is 39.0 Å². The van der Waals surface area contributed by atoms with Gasteiger partial charge in [-0.25, -0.2) is 9.78 Å². The van der Waals surface area contributed by atoms with Crippen LogP contribution in [0, 0.1) is 0 Å². The molecule has 0 amide bonds. The first-order valence-corrected chi connectivity index (χ1v) is 7.99. The number of hydrogen-bond donors (Lipinski definition) is 5. The number of hydrogen-bond acceptors (Lipinski definition) is 9. The van der Waals surface area contributed by atoms with Crippen molar-refractivity contribution in [2.45, 2.75) is 24.9 Å². The van der Waals surface area contributed by atoms with Gasteiger partial charge in [-0.2, -0.15) is 4.98 Å². The van der Waals surface area contributed by atoms with Crippen molar-refractivity contribution in [1.82, 2.24) is 19.5 Å². The number of fused-ring (bicyclic) bond motifs is 2. The van der Waals surface area contributed by atoms with Crippen LogP contribution < -0.4 is 16.0 Å². The van der Waals surface area contributed by atoms with E-state index in [4.69, 9.17) is 9.84 Å². The Balaban J connectivity index is 2.25. The van der Waals surface area contributed by atoms with Gasteiger partial charge in [-0.15, -0.1) is 0 Å². The second-order valence-corrected chi connectivity index (χ2v) is 5.93. The van der Waals surface area contributed by atoms with E-state index in [0.717, 1.165) is 0 Å². The van der Waals surface area contributed by atoms with Crippen molar-refractivity contribution in [1.29, 1.82) is 0 Å². The molecule has 2 aliphatic heterocycles. The number of nitrogens with one attached hydrogen (secondary N) is 1. The van der Waals surface area contributed by atoms with Gasteiger partial charge in [0.15, 0.2) is 11.5 Å². The average molecular weight is 378 g/mol. The number of nitrogens with zero attached hydrogens (tertiary/aromatic N) is 3. The zero-order valence-electron chi connectivity index (χ0n) is 14.2. The molecule has 0 saturated carbocycles. The van der Waals surface area contributed by atoms with Crippen molar-refractivity contribution >= 4 is 11.0 Å². The molecule has 3 rings (SSSR count). The van der Waals surface area contributed by atoms with Gasteiger partial charge >= 0.3 is 5.69 Å². The monoisotopic (exact) mass is 378 g/mol. The lowest BCUT2D eigenvalue weighted by molar-refractivity contribution is -0.0802. The first-order valence-electron chi connectivity index (χ1n) is 7.99. The highest BCUT2D eigenvalue weighted by Gasteiger charge is 2.27. The third-order valence-corrected chi connectivity index (χ3v) is 4.16. The predicted octanol–water partition coefficient (Wildman–Crippen LogP) is -2.33. The van der Waals surface area contributed by atoms with Crippen LogP contribution in [0.5, 0.6) is 5.75 Å². The minimum Gasteiger partial charge on any atom is -0.497 e. The Kier molecular flexibility index (Phi) is 5.19.